The van der Waals surface area contributed by atoms with Crippen molar-refractivity contribution in [2.45, 2.75) is 11.3 Å². The molecule has 0 aliphatic heterocycles. The number of hydrogen-bond acceptors (Lipinski definition) is 5. The van der Waals surface area contributed by atoms with Gasteiger partial charge in [-0.3, -0.25) is 4.21 Å². The van der Waals surface area contributed by atoms with E-state index in [1.807, 2.05) is 0 Å². The van der Waals surface area contributed by atoms with Gasteiger partial charge in [-0.1, -0.05) is 0 Å². The fraction of sp³-hybridized carbons (Fsp3) is 0.364. The third kappa shape index (κ3) is 4.58. The van der Waals surface area contributed by atoms with E-state index in [9.17, 15) is 17.4 Å². The number of nitrogen functional groups attached to an aromatic ring is 1. The topological polar surface area (TPSA) is 127 Å². The summed E-state index contributed by atoms with van der Waals surface area (Å²) < 4.78 is 37.1. The molecular weight excluding hydrogens is 304 g/mol. The summed E-state index contributed by atoms with van der Waals surface area (Å²) in [7, 11) is -4.77. The Morgan fingerprint density at radius 3 is 2.60 bits per heavy atom. The van der Waals surface area contributed by atoms with Gasteiger partial charge in [0.1, 0.15) is 4.90 Å². The van der Waals surface area contributed by atoms with E-state index < -0.39 is 26.8 Å². The molecule has 7 nitrogen and oxygen atoms in total. The molecule has 1 aromatic carbocycles. The zero-order valence-electron chi connectivity index (χ0n) is 10.8. The van der Waals surface area contributed by atoms with Crippen LogP contribution in [0.1, 0.15) is 16.8 Å². The van der Waals surface area contributed by atoms with Gasteiger partial charge >= 0.3 is 5.97 Å². The highest BCUT2D eigenvalue weighted by Crippen LogP contribution is 2.19. The van der Waals surface area contributed by atoms with Crippen LogP contribution >= 0.6 is 0 Å². The van der Waals surface area contributed by atoms with Crippen molar-refractivity contribution in [2.24, 2.45) is 0 Å². The van der Waals surface area contributed by atoms with E-state index in [-0.39, 0.29) is 22.7 Å². The zero-order chi connectivity index (χ0) is 15.3. The minimum atomic E-state index is -3.80. The van der Waals surface area contributed by atoms with Crippen LogP contribution < -0.4 is 10.5 Å². The lowest BCUT2D eigenvalue weighted by Crippen LogP contribution is -2.26. The van der Waals surface area contributed by atoms with Crippen molar-refractivity contribution < 1.29 is 22.5 Å². The van der Waals surface area contributed by atoms with Gasteiger partial charge in [0.05, 0.1) is 11.3 Å². The fourth-order valence-corrected chi connectivity index (χ4v) is 3.22. The first-order chi connectivity index (χ1) is 9.24. The number of nitrogens with one attached hydrogen (secondary N) is 1. The number of rotatable bonds is 7. The first-order valence-electron chi connectivity index (χ1n) is 5.66. The molecule has 1 rings (SSSR count). The van der Waals surface area contributed by atoms with Crippen molar-refractivity contribution in [3.63, 3.8) is 0 Å². The van der Waals surface area contributed by atoms with Crippen LogP contribution in [0.3, 0.4) is 0 Å². The average molecular weight is 320 g/mol. The highest BCUT2D eigenvalue weighted by Gasteiger charge is 2.18. The fourth-order valence-electron chi connectivity index (χ4n) is 1.49. The first-order valence-corrected chi connectivity index (χ1v) is 8.87. The number of nitrogens with two attached hydrogens (primary N) is 1. The van der Waals surface area contributed by atoms with Gasteiger partial charge in [0.2, 0.25) is 10.0 Å². The van der Waals surface area contributed by atoms with Crippen molar-refractivity contribution in [3.8, 4) is 0 Å². The van der Waals surface area contributed by atoms with Gasteiger partial charge in [-0.25, -0.2) is 17.9 Å². The molecule has 112 valence electrons. The molecule has 9 heteroatoms. The lowest BCUT2D eigenvalue weighted by molar-refractivity contribution is 0.0697. The van der Waals surface area contributed by atoms with Crippen LogP contribution in [-0.4, -0.2) is 42.3 Å². The molecule has 0 aromatic heterocycles. The molecule has 1 unspecified atom stereocenters. The van der Waals surface area contributed by atoms with Crippen LogP contribution in [0.4, 0.5) is 5.69 Å². The SMILES string of the molecule is CS(=O)CCCNS(=O)(=O)c1ccc(C(=O)O)cc1N. The van der Waals surface area contributed by atoms with Crippen LogP contribution in [0.2, 0.25) is 0 Å². The van der Waals surface area contributed by atoms with E-state index in [0.29, 0.717) is 12.2 Å². The quantitative estimate of drug-likeness (QED) is 0.480. The summed E-state index contributed by atoms with van der Waals surface area (Å²) in [5.74, 6) is -0.783. The highest BCUT2D eigenvalue weighted by atomic mass is 32.2. The van der Waals surface area contributed by atoms with E-state index in [1.165, 1.54) is 12.3 Å². The Hall–Kier alpha value is -1.45. The second-order valence-corrected chi connectivity index (χ2v) is 7.38. The smallest absolute Gasteiger partial charge is 0.335 e. The van der Waals surface area contributed by atoms with Crippen LogP contribution in [0.15, 0.2) is 23.1 Å². The predicted octanol–water partition coefficient (Wildman–Crippen LogP) is 0.0139. The van der Waals surface area contributed by atoms with E-state index in [1.54, 1.807) is 0 Å². The number of carboxylic acids is 1. The third-order valence-corrected chi connectivity index (χ3v) is 4.85. The summed E-state index contributed by atoms with van der Waals surface area (Å²) in [4.78, 5) is 10.6. The van der Waals surface area contributed by atoms with Crippen molar-refractivity contribution in [2.75, 3.05) is 24.3 Å². The highest BCUT2D eigenvalue weighted by molar-refractivity contribution is 7.89. The number of carboxylic acid groups (broad SMARTS) is 1. The molecule has 0 saturated carbocycles. The van der Waals surface area contributed by atoms with E-state index >= 15 is 0 Å². The molecular formula is C11H16N2O5S2. The van der Waals surface area contributed by atoms with Gasteiger partial charge in [-0.05, 0) is 24.6 Å². The van der Waals surface area contributed by atoms with Crippen LogP contribution in [0.5, 0.6) is 0 Å². The second kappa shape index (κ2) is 6.82. The molecule has 0 heterocycles. The molecule has 0 aliphatic carbocycles. The van der Waals surface area contributed by atoms with Crippen LogP contribution in [0.25, 0.3) is 0 Å². The predicted molar refractivity (Wildman–Crippen MR) is 76.6 cm³/mol. The molecule has 1 atom stereocenters. The molecule has 0 saturated heterocycles. The van der Waals surface area contributed by atoms with Crippen molar-refractivity contribution in [1.29, 1.82) is 0 Å². The van der Waals surface area contributed by atoms with Crippen LogP contribution in [-0.2, 0) is 20.8 Å². The number of carbonyl (C=O) groups is 1. The Morgan fingerprint density at radius 1 is 1.45 bits per heavy atom. The number of sulfonamides is 1. The average Bonchev–Trinajstić information content (AvgIpc) is 2.34. The number of benzene rings is 1. The summed E-state index contributed by atoms with van der Waals surface area (Å²) >= 11 is 0. The number of aromatic carboxylic acids is 1. The molecule has 0 bridgehead atoms. The van der Waals surface area contributed by atoms with Gasteiger partial charge in [-0.15, -0.1) is 0 Å². The largest absolute Gasteiger partial charge is 0.478 e. The van der Waals surface area contributed by atoms with Gasteiger partial charge in [0.15, 0.2) is 0 Å². The molecule has 4 N–H and O–H groups in total. The Kier molecular flexibility index (Phi) is 5.66. The van der Waals surface area contributed by atoms with Crippen molar-refractivity contribution in [3.05, 3.63) is 23.8 Å². The summed E-state index contributed by atoms with van der Waals surface area (Å²) in [5, 5.41) is 8.78. The molecule has 0 fully saturated rings. The Labute approximate surface area is 119 Å². The second-order valence-electron chi connectivity index (χ2n) is 4.09. The Balaban J connectivity index is 2.82. The monoisotopic (exact) mass is 320 g/mol. The maximum Gasteiger partial charge on any atom is 0.335 e. The minimum Gasteiger partial charge on any atom is -0.478 e. The Morgan fingerprint density at radius 2 is 2.10 bits per heavy atom. The summed E-state index contributed by atoms with van der Waals surface area (Å²) in [6, 6.07) is 3.42. The van der Waals surface area contributed by atoms with Crippen molar-refractivity contribution in [1.82, 2.24) is 4.72 Å². The van der Waals surface area contributed by atoms with Crippen molar-refractivity contribution >= 4 is 32.5 Å². The van der Waals surface area contributed by atoms with Crippen LogP contribution in [0, 0.1) is 0 Å². The zero-order valence-corrected chi connectivity index (χ0v) is 12.5. The molecule has 1 aromatic rings. The molecule has 0 radical (unpaired) electrons. The van der Waals surface area contributed by atoms with Gasteiger partial charge in [-0.2, -0.15) is 0 Å². The number of anilines is 1. The number of hydrogen-bond donors (Lipinski definition) is 3. The summed E-state index contributed by atoms with van der Waals surface area (Å²) in [5.41, 5.74) is 5.36. The van der Waals surface area contributed by atoms with E-state index in [0.717, 1.165) is 12.1 Å². The third-order valence-electron chi connectivity index (χ3n) is 2.45. The van der Waals surface area contributed by atoms with Gasteiger partial charge in [0.25, 0.3) is 0 Å². The molecule has 0 amide bonds. The van der Waals surface area contributed by atoms with Gasteiger partial charge in [0, 0.05) is 29.4 Å². The summed E-state index contributed by atoms with van der Waals surface area (Å²) in [6.45, 7) is 0.141. The molecule has 0 spiro atoms. The standard InChI is InChI=1S/C11H16N2O5S2/c1-19(16)6-2-5-13-20(17,18)10-4-3-8(11(14)15)7-9(10)12/h3-4,7,13H,2,5-6,12H2,1H3,(H,14,15). The molecule has 0 aliphatic rings. The Bertz CT molecular complexity index is 628. The summed E-state index contributed by atoms with van der Waals surface area (Å²) in [6.07, 6.45) is 1.98. The van der Waals surface area contributed by atoms with E-state index in [4.69, 9.17) is 10.8 Å². The maximum absolute atomic E-state index is 12.0. The lowest BCUT2D eigenvalue weighted by Gasteiger charge is -2.09. The maximum atomic E-state index is 12.0. The molecule has 20 heavy (non-hydrogen) atoms. The first kappa shape index (κ1) is 16.6. The van der Waals surface area contributed by atoms with Gasteiger partial charge < -0.3 is 10.8 Å². The normalized spacial score (nSPS) is 13.1. The lowest BCUT2D eigenvalue weighted by atomic mass is 10.2. The van der Waals surface area contributed by atoms with E-state index in [2.05, 4.69) is 4.72 Å². The minimum absolute atomic E-state index is 0.0807.